The SMILES string of the molecule is C=CC(=O)OC1C2CC3C(=O)N(C(C)C)C1C3C2. The molecule has 1 heterocycles. The number of amides is 1. The van der Waals surface area contributed by atoms with Gasteiger partial charge in [0.05, 0.1) is 6.04 Å². The number of hydrogen-bond donors (Lipinski definition) is 0. The lowest BCUT2D eigenvalue weighted by Crippen LogP contribution is -2.47. The molecule has 2 aliphatic carbocycles. The molecule has 3 fully saturated rings. The van der Waals surface area contributed by atoms with Gasteiger partial charge in [-0.2, -0.15) is 0 Å². The zero-order valence-corrected chi connectivity index (χ0v) is 10.8. The van der Waals surface area contributed by atoms with E-state index in [1.807, 2.05) is 18.7 Å². The van der Waals surface area contributed by atoms with E-state index in [1.165, 1.54) is 6.08 Å². The van der Waals surface area contributed by atoms with Gasteiger partial charge < -0.3 is 9.64 Å². The first-order valence-electron chi connectivity index (χ1n) is 6.69. The van der Waals surface area contributed by atoms with E-state index < -0.39 is 0 Å². The van der Waals surface area contributed by atoms with Crippen LogP contribution in [0.15, 0.2) is 12.7 Å². The Balaban J connectivity index is 1.88. The molecular weight excluding hydrogens is 230 g/mol. The lowest BCUT2D eigenvalue weighted by molar-refractivity contribution is -0.150. The van der Waals surface area contributed by atoms with Crippen LogP contribution in [0, 0.1) is 17.8 Å². The first-order valence-corrected chi connectivity index (χ1v) is 6.69. The Kier molecular flexibility index (Phi) is 2.50. The fraction of sp³-hybridized carbons (Fsp3) is 0.714. The van der Waals surface area contributed by atoms with Crippen LogP contribution in [0.25, 0.3) is 0 Å². The molecule has 0 aromatic rings. The van der Waals surface area contributed by atoms with Crippen molar-refractivity contribution in [2.75, 3.05) is 0 Å². The average Bonchev–Trinajstić information content (AvgIpc) is 2.92. The van der Waals surface area contributed by atoms with Crippen molar-refractivity contribution in [1.82, 2.24) is 4.90 Å². The minimum absolute atomic E-state index is 0.102. The maximum absolute atomic E-state index is 12.3. The fourth-order valence-corrected chi connectivity index (χ4v) is 4.21. The van der Waals surface area contributed by atoms with Crippen LogP contribution in [-0.4, -0.2) is 35.0 Å². The van der Waals surface area contributed by atoms with Gasteiger partial charge in [0.25, 0.3) is 0 Å². The van der Waals surface area contributed by atoms with Gasteiger partial charge in [-0.05, 0) is 38.5 Å². The van der Waals surface area contributed by atoms with E-state index >= 15 is 0 Å². The van der Waals surface area contributed by atoms with Crippen LogP contribution >= 0.6 is 0 Å². The van der Waals surface area contributed by atoms with Crippen molar-refractivity contribution in [2.45, 2.75) is 44.9 Å². The summed E-state index contributed by atoms with van der Waals surface area (Å²) >= 11 is 0. The van der Waals surface area contributed by atoms with Crippen LogP contribution in [0.4, 0.5) is 0 Å². The van der Waals surface area contributed by atoms with Crippen molar-refractivity contribution in [2.24, 2.45) is 17.8 Å². The van der Waals surface area contributed by atoms with Crippen LogP contribution in [0.5, 0.6) is 0 Å². The second kappa shape index (κ2) is 3.84. The van der Waals surface area contributed by atoms with E-state index in [0.717, 1.165) is 12.8 Å². The lowest BCUT2D eigenvalue weighted by Gasteiger charge is -2.33. The van der Waals surface area contributed by atoms with E-state index in [4.69, 9.17) is 4.74 Å². The molecule has 4 heteroatoms. The predicted octanol–water partition coefficient (Wildman–Crippen LogP) is 1.36. The molecule has 0 aromatic carbocycles. The number of esters is 1. The van der Waals surface area contributed by atoms with Gasteiger partial charge in [-0.3, -0.25) is 4.79 Å². The predicted molar refractivity (Wildman–Crippen MR) is 65.6 cm³/mol. The van der Waals surface area contributed by atoms with Gasteiger partial charge in [-0.15, -0.1) is 0 Å². The number of hydrogen-bond acceptors (Lipinski definition) is 3. The number of rotatable bonds is 3. The van der Waals surface area contributed by atoms with Crippen LogP contribution in [0.3, 0.4) is 0 Å². The van der Waals surface area contributed by atoms with E-state index in [0.29, 0.717) is 11.8 Å². The van der Waals surface area contributed by atoms with Gasteiger partial charge in [0.15, 0.2) is 0 Å². The summed E-state index contributed by atoms with van der Waals surface area (Å²) in [7, 11) is 0. The van der Waals surface area contributed by atoms with E-state index in [-0.39, 0.29) is 36.0 Å². The van der Waals surface area contributed by atoms with E-state index in [1.54, 1.807) is 0 Å². The first kappa shape index (κ1) is 11.8. The standard InChI is InChI=1S/C14H19NO3/c1-4-11(16)18-13-8-5-9-10(6-8)14(17)15(7(2)3)12(9)13/h4,7-10,12-13H,1,5-6H2,2-3H3. The Morgan fingerprint density at radius 1 is 1.50 bits per heavy atom. The minimum atomic E-state index is -0.368. The third kappa shape index (κ3) is 1.38. The molecule has 1 amide bonds. The summed E-state index contributed by atoms with van der Waals surface area (Å²) < 4.78 is 5.50. The molecule has 1 saturated heterocycles. The van der Waals surface area contributed by atoms with Crippen LogP contribution in [0.1, 0.15) is 26.7 Å². The normalized spacial score (nSPS) is 40.7. The zero-order chi connectivity index (χ0) is 13.0. The van der Waals surface area contributed by atoms with Gasteiger partial charge in [-0.25, -0.2) is 4.79 Å². The minimum Gasteiger partial charge on any atom is -0.457 e. The molecule has 0 aromatic heterocycles. The third-order valence-electron chi connectivity index (χ3n) is 4.76. The summed E-state index contributed by atoms with van der Waals surface area (Å²) in [6.07, 6.45) is 3.00. The molecule has 5 unspecified atom stereocenters. The summed E-state index contributed by atoms with van der Waals surface area (Å²) in [5.41, 5.74) is 0. The Labute approximate surface area is 107 Å². The zero-order valence-electron chi connectivity index (χ0n) is 10.8. The molecule has 0 radical (unpaired) electrons. The highest BCUT2D eigenvalue weighted by molar-refractivity contribution is 5.85. The van der Waals surface area contributed by atoms with Gasteiger partial charge >= 0.3 is 5.97 Å². The van der Waals surface area contributed by atoms with Crippen LogP contribution in [0.2, 0.25) is 0 Å². The van der Waals surface area contributed by atoms with Crippen molar-refractivity contribution < 1.29 is 14.3 Å². The number of carbonyl (C=O) groups excluding carboxylic acids is 2. The quantitative estimate of drug-likeness (QED) is 0.560. The molecule has 2 saturated carbocycles. The number of likely N-dealkylation sites (tertiary alicyclic amines) is 1. The molecule has 98 valence electrons. The Morgan fingerprint density at radius 3 is 2.83 bits per heavy atom. The smallest absolute Gasteiger partial charge is 0.330 e. The highest BCUT2D eigenvalue weighted by Crippen LogP contribution is 2.56. The van der Waals surface area contributed by atoms with Crippen molar-refractivity contribution in [3.8, 4) is 0 Å². The largest absolute Gasteiger partial charge is 0.457 e. The third-order valence-corrected chi connectivity index (χ3v) is 4.76. The van der Waals surface area contributed by atoms with Crippen molar-refractivity contribution in [1.29, 1.82) is 0 Å². The Bertz CT molecular complexity index is 417. The molecule has 4 nitrogen and oxygen atoms in total. The maximum atomic E-state index is 12.3. The number of nitrogens with zero attached hydrogens (tertiary/aromatic N) is 1. The molecule has 0 N–H and O–H groups in total. The highest BCUT2D eigenvalue weighted by atomic mass is 16.5. The summed E-state index contributed by atoms with van der Waals surface area (Å²) in [5, 5.41) is 0. The molecule has 0 spiro atoms. The van der Waals surface area contributed by atoms with Crippen molar-refractivity contribution in [3.05, 3.63) is 12.7 Å². The summed E-state index contributed by atoms with van der Waals surface area (Å²) in [6.45, 7) is 7.50. The monoisotopic (exact) mass is 249 g/mol. The number of ether oxygens (including phenoxy) is 1. The number of fused-ring (bicyclic) bond motifs is 1. The summed E-state index contributed by atoms with van der Waals surface area (Å²) in [6, 6.07) is 0.280. The van der Waals surface area contributed by atoms with Crippen molar-refractivity contribution >= 4 is 11.9 Å². The second-order valence-electron chi connectivity index (χ2n) is 5.94. The molecule has 2 bridgehead atoms. The van der Waals surface area contributed by atoms with Gasteiger partial charge in [0, 0.05) is 18.0 Å². The second-order valence-corrected chi connectivity index (χ2v) is 5.94. The molecule has 18 heavy (non-hydrogen) atoms. The molecule has 5 atom stereocenters. The highest BCUT2D eigenvalue weighted by Gasteiger charge is 2.64. The maximum Gasteiger partial charge on any atom is 0.330 e. The average molecular weight is 249 g/mol. The van der Waals surface area contributed by atoms with E-state index in [2.05, 4.69) is 6.58 Å². The van der Waals surface area contributed by atoms with Crippen molar-refractivity contribution in [3.63, 3.8) is 0 Å². The fourth-order valence-electron chi connectivity index (χ4n) is 4.21. The molecular formula is C14H19NO3. The van der Waals surface area contributed by atoms with Gasteiger partial charge in [0.2, 0.25) is 5.91 Å². The van der Waals surface area contributed by atoms with Crippen LogP contribution < -0.4 is 0 Å². The van der Waals surface area contributed by atoms with Crippen LogP contribution in [-0.2, 0) is 14.3 Å². The first-order chi connectivity index (χ1) is 8.54. The lowest BCUT2D eigenvalue weighted by atomic mass is 9.87. The molecule has 3 rings (SSSR count). The summed E-state index contributed by atoms with van der Waals surface area (Å²) in [5.74, 6) is 0.835. The van der Waals surface area contributed by atoms with Gasteiger partial charge in [-0.1, -0.05) is 6.58 Å². The summed E-state index contributed by atoms with van der Waals surface area (Å²) in [4.78, 5) is 25.7. The number of carbonyl (C=O) groups is 2. The Hall–Kier alpha value is -1.32. The topological polar surface area (TPSA) is 46.6 Å². The van der Waals surface area contributed by atoms with Gasteiger partial charge in [0.1, 0.15) is 6.10 Å². The molecule has 1 aliphatic heterocycles. The Morgan fingerprint density at radius 2 is 2.22 bits per heavy atom. The molecule has 3 aliphatic rings. The van der Waals surface area contributed by atoms with E-state index in [9.17, 15) is 9.59 Å².